The summed E-state index contributed by atoms with van der Waals surface area (Å²) in [5.41, 5.74) is 1.48. The molecule has 0 aliphatic carbocycles. The zero-order valence-corrected chi connectivity index (χ0v) is 17.7. The van der Waals surface area contributed by atoms with Crippen LogP contribution in [-0.4, -0.2) is 39.6 Å². The van der Waals surface area contributed by atoms with E-state index in [9.17, 15) is 8.42 Å². The quantitative estimate of drug-likeness (QED) is 0.424. The zero-order valence-electron chi connectivity index (χ0n) is 16.1. The second-order valence-corrected chi connectivity index (χ2v) is 9.52. The number of hydrogen-bond acceptors (Lipinski definition) is 10. The molecule has 0 atom stereocenters. The molecule has 0 fully saturated rings. The van der Waals surface area contributed by atoms with Gasteiger partial charge in [0.15, 0.2) is 15.0 Å². The first-order chi connectivity index (χ1) is 15.0. The SMILES string of the molecule is CS(=O)(=O)c1cccnc1Oc1ccc2ncnc(Nc3nc4cccnc4s3)c2c1. The lowest BCUT2D eigenvalue weighted by Crippen LogP contribution is -2.02. The molecular formula is C20H14N6O3S2. The van der Waals surface area contributed by atoms with E-state index in [4.69, 9.17) is 4.74 Å². The van der Waals surface area contributed by atoms with Crippen LogP contribution < -0.4 is 10.1 Å². The summed E-state index contributed by atoms with van der Waals surface area (Å²) in [5.74, 6) is 0.951. The van der Waals surface area contributed by atoms with Gasteiger partial charge in [0, 0.05) is 24.0 Å². The van der Waals surface area contributed by atoms with E-state index in [1.165, 1.54) is 29.9 Å². The number of fused-ring (bicyclic) bond motifs is 2. The van der Waals surface area contributed by atoms with Gasteiger partial charge in [0.25, 0.3) is 0 Å². The van der Waals surface area contributed by atoms with Gasteiger partial charge in [-0.05, 0) is 42.5 Å². The maximum Gasteiger partial charge on any atom is 0.238 e. The fourth-order valence-electron chi connectivity index (χ4n) is 2.97. The smallest absolute Gasteiger partial charge is 0.238 e. The fourth-order valence-corrected chi connectivity index (χ4v) is 4.51. The molecule has 31 heavy (non-hydrogen) atoms. The molecule has 1 N–H and O–H groups in total. The Morgan fingerprint density at radius 3 is 2.65 bits per heavy atom. The minimum atomic E-state index is -3.50. The van der Waals surface area contributed by atoms with E-state index in [0.29, 0.717) is 27.6 Å². The van der Waals surface area contributed by atoms with E-state index >= 15 is 0 Å². The highest BCUT2D eigenvalue weighted by molar-refractivity contribution is 7.90. The standard InChI is InChI=1S/C20H14N6O3S2/c1-31(27,28)16-5-3-8-21-18(16)29-12-6-7-14-13(10-12)17(24-11-23-14)26-20-25-15-4-2-9-22-19(15)30-20/h2-11H,1H3,(H,23,24,25,26). The summed E-state index contributed by atoms with van der Waals surface area (Å²) in [6.07, 6.45) is 5.76. The Labute approximate surface area is 180 Å². The average Bonchev–Trinajstić information content (AvgIpc) is 3.16. The molecule has 0 unspecified atom stereocenters. The first kappa shape index (κ1) is 19.3. The number of ether oxygens (including phenoxy) is 1. The second kappa shape index (κ2) is 7.52. The number of benzene rings is 1. The number of sulfone groups is 1. The fraction of sp³-hybridized carbons (Fsp3) is 0.0500. The summed E-state index contributed by atoms with van der Waals surface area (Å²) in [7, 11) is -3.50. The lowest BCUT2D eigenvalue weighted by Gasteiger charge is -2.10. The molecule has 0 radical (unpaired) electrons. The number of nitrogens with one attached hydrogen (secondary N) is 1. The van der Waals surface area contributed by atoms with Gasteiger partial charge in [-0.15, -0.1) is 0 Å². The van der Waals surface area contributed by atoms with Gasteiger partial charge in [-0.1, -0.05) is 11.3 Å². The van der Waals surface area contributed by atoms with Gasteiger partial charge in [0.05, 0.1) is 5.52 Å². The lowest BCUT2D eigenvalue weighted by molar-refractivity contribution is 0.448. The van der Waals surface area contributed by atoms with Crippen molar-refractivity contribution >= 4 is 53.4 Å². The molecule has 1 aromatic carbocycles. The third kappa shape index (κ3) is 3.88. The van der Waals surface area contributed by atoms with Crippen LogP contribution in [0.3, 0.4) is 0 Å². The summed E-state index contributed by atoms with van der Waals surface area (Å²) >= 11 is 1.41. The third-order valence-electron chi connectivity index (χ3n) is 4.35. The van der Waals surface area contributed by atoms with E-state index in [1.54, 1.807) is 30.5 Å². The van der Waals surface area contributed by atoms with Crippen molar-refractivity contribution in [3.8, 4) is 11.6 Å². The van der Waals surface area contributed by atoms with Gasteiger partial charge in [-0.25, -0.2) is 33.3 Å². The number of aromatic nitrogens is 5. The number of thiazole rings is 1. The van der Waals surface area contributed by atoms with Crippen LogP contribution in [0.25, 0.3) is 21.3 Å². The lowest BCUT2D eigenvalue weighted by atomic mass is 10.2. The predicted molar refractivity (Wildman–Crippen MR) is 118 cm³/mol. The second-order valence-electron chi connectivity index (χ2n) is 6.55. The van der Waals surface area contributed by atoms with Crippen molar-refractivity contribution < 1.29 is 13.2 Å². The monoisotopic (exact) mass is 450 g/mol. The average molecular weight is 451 g/mol. The van der Waals surface area contributed by atoms with Crippen molar-refractivity contribution in [2.45, 2.75) is 4.90 Å². The largest absolute Gasteiger partial charge is 0.438 e. The van der Waals surface area contributed by atoms with E-state index in [0.717, 1.165) is 16.6 Å². The Morgan fingerprint density at radius 2 is 1.81 bits per heavy atom. The first-order valence-electron chi connectivity index (χ1n) is 9.04. The maximum absolute atomic E-state index is 12.0. The van der Waals surface area contributed by atoms with Crippen LogP contribution in [0.15, 0.2) is 66.1 Å². The van der Waals surface area contributed by atoms with Crippen LogP contribution in [0.5, 0.6) is 11.6 Å². The molecule has 0 aliphatic rings. The van der Waals surface area contributed by atoms with Gasteiger partial charge in [0.1, 0.15) is 33.1 Å². The van der Waals surface area contributed by atoms with Gasteiger partial charge in [0.2, 0.25) is 5.88 Å². The number of anilines is 2. The first-order valence-corrected chi connectivity index (χ1v) is 11.7. The Bertz CT molecular complexity index is 1500. The van der Waals surface area contributed by atoms with Gasteiger partial charge in [-0.2, -0.15) is 0 Å². The molecule has 0 spiro atoms. The Morgan fingerprint density at radius 1 is 0.968 bits per heavy atom. The summed E-state index contributed by atoms with van der Waals surface area (Å²) in [4.78, 5) is 22.3. The van der Waals surface area contributed by atoms with Crippen molar-refractivity contribution in [1.29, 1.82) is 0 Å². The normalized spacial score (nSPS) is 11.6. The van der Waals surface area contributed by atoms with Gasteiger partial charge < -0.3 is 10.1 Å². The minimum absolute atomic E-state index is 0.00737. The highest BCUT2D eigenvalue weighted by Crippen LogP contribution is 2.32. The Kier molecular flexibility index (Phi) is 4.68. The number of nitrogens with zero attached hydrogens (tertiary/aromatic N) is 5. The molecule has 4 aromatic heterocycles. The summed E-state index contributed by atoms with van der Waals surface area (Å²) in [6.45, 7) is 0. The van der Waals surface area contributed by atoms with E-state index in [1.807, 2.05) is 12.1 Å². The van der Waals surface area contributed by atoms with E-state index < -0.39 is 9.84 Å². The zero-order chi connectivity index (χ0) is 21.4. The van der Waals surface area contributed by atoms with Crippen LogP contribution in [0.1, 0.15) is 0 Å². The molecule has 5 aromatic rings. The molecule has 0 aliphatic heterocycles. The molecule has 0 saturated carbocycles. The molecular weight excluding hydrogens is 436 g/mol. The molecule has 9 nitrogen and oxygen atoms in total. The van der Waals surface area contributed by atoms with Crippen LogP contribution >= 0.6 is 11.3 Å². The number of hydrogen-bond donors (Lipinski definition) is 1. The Balaban J connectivity index is 1.53. The van der Waals surface area contributed by atoms with Crippen molar-refractivity contribution in [3.05, 3.63) is 61.2 Å². The van der Waals surface area contributed by atoms with E-state index in [-0.39, 0.29) is 10.8 Å². The molecule has 0 amide bonds. The van der Waals surface area contributed by atoms with Gasteiger partial charge >= 0.3 is 0 Å². The number of pyridine rings is 2. The third-order valence-corrected chi connectivity index (χ3v) is 6.35. The highest BCUT2D eigenvalue weighted by atomic mass is 32.2. The molecule has 11 heteroatoms. The summed E-state index contributed by atoms with van der Waals surface area (Å²) in [5, 5.41) is 4.54. The van der Waals surface area contributed by atoms with Crippen LogP contribution in [0, 0.1) is 0 Å². The van der Waals surface area contributed by atoms with Crippen molar-refractivity contribution in [2.24, 2.45) is 0 Å². The molecule has 5 rings (SSSR count). The molecule has 0 saturated heterocycles. The van der Waals surface area contributed by atoms with E-state index in [2.05, 4.69) is 30.2 Å². The molecule has 4 heterocycles. The van der Waals surface area contributed by atoms with Crippen molar-refractivity contribution in [3.63, 3.8) is 0 Å². The topological polar surface area (TPSA) is 120 Å². The van der Waals surface area contributed by atoms with Crippen molar-refractivity contribution in [1.82, 2.24) is 24.9 Å². The van der Waals surface area contributed by atoms with Crippen LogP contribution in [0.2, 0.25) is 0 Å². The Hall–Kier alpha value is -3.70. The highest BCUT2D eigenvalue weighted by Gasteiger charge is 2.17. The van der Waals surface area contributed by atoms with Crippen LogP contribution in [0.4, 0.5) is 10.9 Å². The van der Waals surface area contributed by atoms with Crippen LogP contribution in [-0.2, 0) is 9.84 Å². The molecule has 0 bridgehead atoms. The van der Waals surface area contributed by atoms with Crippen molar-refractivity contribution in [2.75, 3.05) is 11.6 Å². The minimum Gasteiger partial charge on any atom is -0.438 e. The summed E-state index contributed by atoms with van der Waals surface area (Å²) in [6, 6.07) is 11.9. The predicted octanol–water partition coefficient (Wildman–Crippen LogP) is 3.97. The van der Waals surface area contributed by atoms with Gasteiger partial charge in [-0.3, -0.25) is 0 Å². The maximum atomic E-state index is 12.0. The summed E-state index contributed by atoms with van der Waals surface area (Å²) < 4.78 is 29.9. The number of rotatable bonds is 5. The molecule has 154 valence electrons.